The summed E-state index contributed by atoms with van der Waals surface area (Å²) in [7, 11) is 0. The van der Waals surface area contributed by atoms with Crippen LogP contribution < -0.4 is 10.6 Å². The maximum absolute atomic E-state index is 12.0. The van der Waals surface area contributed by atoms with Gasteiger partial charge in [-0.3, -0.25) is 4.79 Å². The van der Waals surface area contributed by atoms with Crippen molar-refractivity contribution in [1.29, 1.82) is 0 Å². The lowest BCUT2D eigenvalue weighted by Gasteiger charge is -2.28. The van der Waals surface area contributed by atoms with Gasteiger partial charge in [-0.25, -0.2) is 4.79 Å². The number of piperidine rings is 1. The van der Waals surface area contributed by atoms with E-state index in [0.29, 0.717) is 12.8 Å². The zero-order chi connectivity index (χ0) is 21.8. The highest BCUT2D eigenvalue weighted by Crippen LogP contribution is 2.26. The fourth-order valence-corrected chi connectivity index (χ4v) is 4.36. The number of amides is 1. The Morgan fingerprint density at radius 2 is 1.77 bits per heavy atom. The zero-order valence-corrected chi connectivity index (χ0v) is 18.8. The van der Waals surface area contributed by atoms with Gasteiger partial charge in [-0.2, -0.15) is 0 Å². The topological polar surface area (TPSA) is 78.4 Å². The summed E-state index contributed by atoms with van der Waals surface area (Å²) in [6, 6.07) is 7.35. The number of nitrogens with one attached hydrogen (secondary N) is 2. The largest absolute Gasteiger partial charge is 0.480 e. The highest BCUT2D eigenvalue weighted by Gasteiger charge is 2.21. The number of carboxylic acid groups (broad SMARTS) is 1. The van der Waals surface area contributed by atoms with Crippen molar-refractivity contribution in [2.75, 3.05) is 13.1 Å². The average molecular weight is 417 g/mol. The van der Waals surface area contributed by atoms with Gasteiger partial charge in [0.1, 0.15) is 6.04 Å². The molecule has 0 saturated carbocycles. The van der Waals surface area contributed by atoms with Crippen molar-refractivity contribution < 1.29 is 14.7 Å². The molecule has 2 rings (SSSR count). The van der Waals surface area contributed by atoms with Crippen LogP contribution in [0.2, 0.25) is 0 Å². The molecule has 0 bridgehead atoms. The summed E-state index contributed by atoms with van der Waals surface area (Å²) in [6.45, 7) is 6.79. The van der Waals surface area contributed by atoms with Gasteiger partial charge in [0.2, 0.25) is 5.91 Å². The predicted molar refractivity (Wildman–Crippen MR) is 122 cm³/mol. The summed E-state index contributed by atoms with van der Waals surface area (Å²) in [5.41, 5.74) is 2.25. The molecule has 3 N–H and O–H groups in total. The van der Waals surface area contributed by atoms with Gasteiger partial charge in [0, 0.05) is 12.8 Å². The quantitative estimate of drug-likeness (QED) is 0.418. The first-order valence-electron chi connectivity index (χ1n) is 11.8. The molecule has 0 aromatic heterocycles. The van der Waals surface area contributed by atoms with Crippen molar-refractivity contribution in [3.05, 3.63) is 35.4 Å². The highest BCUT2D eigenvalue weighted by molar-refractivity contribution is 5.83. The first-order valence-corrected chi connectivity index (χ1v) is 11.8. The van der Waals surface area contributed by atoms with E-state index < -0.39 is 12.0 Å². The normalized spacial score (nSPS) is 16.7. The molecule has 2 unspecified atom stereocenters. The minimum absolute atomic E-state index is 0.171. The lowest BCUT2D eigenvalue weighted by molar-refractivity contribution is -0.141. The van der Waals surface area contributed by atoms with E-state index in [1.54, 1.807) is 0 Å². The van der Waals surface area contributed by atoms with Crippen LogP contribution in [0.25, 0.3) is 0 Å². The summed E-state index contributed by atoms with van der Waals surface area (Å²) in [5, 5.41) is 15.6. The van der Waals surface area contributed by atoms with Crippen LogP contribution in [0.3, 0.4) is 0 Å². The average Bonchev–Trinajstić information content (AvgIpc) is 2.75. The van der Waals surface area contributed by atoms with Gasteiger partial charge in [-0.15, -0.1) is 0 Å². The number of unbranched alkanes of at least 4 members (excludes halogenated alkanes) is 2. The van der Waals surface area contributed by atoms with Gasteiger partial charge in [-0.1, -0.05) is 57.4 Å². The predicted octanol–water partition coefficient (Wildman–Crippen LogP) is 4.34. The molecule has 168 valence electrons. The lowest BCUT2D eigenvalue weighted by Crippen LogP contribution is -2.42. The first-order chi connectivity index (χ1) is 14.5. The molecule has 30 heavy (non-hydrogen) atoms. The van der Waals surface area contributed by atoms with Crippen LogP contribution in [0.1, 0.15) is 76.3 Å². The summed E-state index contributed by atoms with van der Waals surface area (Å²) < 4.78 is 0. The SMILES string of the molecule is CCCCCC(=O)NC(Cc1ccc(CCCC(C)C2CCNCC2)cc1)C(=O)O. The Morgan fingerprint density at radius 3 is 2.40 bits per heavy atom. The maximum atomic E-state index is 12.0. The van der Waals surface area contributed by atoms with Crippen molar-refractivity contribution in [1.82, 2.24) is 10.6 Å². The van der Waals surface area contributed by atoms with Crippen molar-refractivity contribution in [3.63, 3.8) is 0 Å². The molecule has 1 aromatic rings. The Bertz CT molecular complexity index is 638. The Morgan fingerprint density at radius 1 is 1.10 bits per heavy atom. The minimum Gasteiger partial charge on any atom is -0.480 e. The smallest absolute Gasteiger partial charge is 0.326 e. The number of carbonyl (C=O) groups is 2. The monoisotopic (exact) mass is 416 g/mol. The van der Waals surface area contributed by atoms with Crippen LogP contribution in [0.5, 0.6) is 0 Å². The van der Waals surface area contributed by atoms with Gasteiger partial charge in [0.05, 0.1) is 0 Å². The van der Waals surface area contributed by atoms with Gasteiger partial charge in [0.15, 0.2) is 0 Å². The Hall–Kier alpha value is -1.88. The molecule has 5 nitrogen and oxygen atoms in total. The molecule has 1 aliphatic rings. The number of benzene rings is 1. The number of carboxylic acids is 1. The van der Waals surface area contributed by atoms with Crippen LogP contribution in [0.4, 0.5) is 0 Å². The molecule has 0 aliphatic carbocycles. The van der Waals surface area contributed by atoms with E-state index in [0.717, 1.165) is 56.2 Å². The van der Waals surface area contributed by atoms with E-state index >= 15 is 0 Å². The van der Waals surface area contributed by atoms with E-state index in [1.165, 1.54) is 31.2 Å². The maximum Gasteiger partial charge on any atom is 0.326 e. The molecule has 1 saturated heterocycles. The Balaban J connectivity index is 1.76. The molecule has 2 atom stereocenters. The summed E-state index contributed by atoms with van der Waals surface area (Å²) >= 11 is 0. The fraction of sp³-hybridized carbons (Fsp3) is 0.680. The second-order valence-electron chi connectivity index (χ2n) is 8.89. The second-order valence-corrected chi connectivity index (χ2v) is 8.89. The molecule has 0 radical (unpaired) electrons. The molecule has 1 amide bonds. The number of hydrogen-bond donors (Lipinski definition) is 3. The summed E-state index contributed by atoms with van der Waals surface area (Å²) in [5.74, 6) is 0.493. The van der Waals surface area contributed by atoms with Crippen molar-refractivity contribution in [2.45, 2.75) is 84.1 Å². The van der Waals surface area contributed by atoms with Crippen molar-refractivity contribution in [2.24, 2.45) is 11.8 Å². The van der Waals surface area contributed by atoms with E-state index in [9.17, 15) is 14.7 Å². The van der Waals surface area contributed by atoms with Gasteiger partial charge in [0.25, 0.3) is 0 Å². The van der Waals surface area contributed by atoms with Crippen molar-refractivity contribution in [3.8, 4) is 0 Å². The van der Waals surface area contributed by atoms with Crippen LogP contribution in [0, 0.1) is 11.8 Å². The number of carbonyl (C=O) groups excluding carboxylic acids is 1. The van der Waals surface area contributed by atoms with Gasteiger partial charge in [-0.05, 0) is 68.2 Å². The molecule has 5 heteroatoms. The van der Waals surface area contributed by atoms with E-state index in [1.807, 2.05) is 12.1 Å². The van der Waals surface area contributed by atoms with Gasteiger partial charge < -0.3 is 15.7 Å². The van der Waals surface area contributed by atoms with Crippen LogP contribution in [0.15, 0.2) is 24.3 Å². The fourth-order valence-electron chi connectivity index (χ4n) is 4.36. The molecule has 0 spiro atoms. The van der Waals surface area contributed by atoms with E-state index in [4.69, 9.17) is 0 Å². The molecule has 1 aliphatic heterocycles. The molecule has 1 aromatic carbocycles. The Labute approximate surface area is 182 Å². The number of aliphatic carboxylic acids is 1. The van der Waals surface area contributed by atoms with Gasteiger partial charge >= 0.3 is 5.97 Å². The van der Waals surface area contributed by atoms with Crippen molar-refractivity contribution >= 4 is 11.9 Å². The highest BCUT2D eigenvalue weighted by atomic mass is 16.4. The number of aryl methyl sites for hydroxylation is 1. The van der Waals surface area contributed by atoms with E-state index in [-0.39, 0.29) is 5.91 Å². The third kappa shape index (κ3) is 8.86. The van der Waals surface area contributed by atoms with E-state index in [2.05, 4.69) is 36.6 Å². The standard InChI is InChI=1S/C25H40N2O3/c1-3-4-5-9-24(28)27-23(25(29)30)18-21-12-10-20(11-13-21)8-6-7-19(2)22-14-16-26-17-15-22/h10-13,19,22-23,26H,3-9,14-18H2,1-2H3,(H,27,28)(H,29,30). The number of hydrogen-bond acceptors (Lipinski definition) is 3. The van der Waals surface area contributed by atoms with Crippen LogP contribution >= 0.6 is 0 Å². The zero-order valence-electron chi connectivity index (χ0n) is 18.8. The third-order valence-corrected chi connectivity index (χ3v) is 6.42. The first kappa shape index (κ1) is 24.4. The molecular weight excluding hydrogens is 376 g/mol. The third-order valence-electron chi connectivity index (χ3n) is 6.42. The minimum atomic E-state index is -0.977. The molecule has 1 heterocycles. The second kappa shape index (κ2) is 13.4. The summed E-state index contributed by atoms with van der Waals surface area (Å²) in [4.78, 5) is 23.5. The molecular formula is C25H40N2O3. The molecule has 1 fully saturated rings. The Kier molecular flexibility index (Phi) is 10.9. The number of rotatable bonds is 13. The van der Waals surface area contributed by atoms with Crippen LogP contribution in [-0.2, 0) is 22.4 Å². The summed E-state index contributed by atoms with van der Waals surface area (Å²) in [6.07, 6.45) is 9.67. The van der Waals surface area contributed by atoms with Crippen LogP contribution in [-0.4, -0.2) is 36.1 Å². The lowest BCUT2D eigenvalue weighted by atomic mass is 9.83.